The lowest BCUT2D eigenvalue weighted by molar-refractivity contribution is 0.464. The van der Waals surface area contributed by atoms with Crippen LogP contribution in [0.2, 0.25) is 0 Å². The van der Waals surface area contributed by atoms with Crippen LogP contribution in [0.1, 0.15) is 11.1 Å². The first-order valence-electron chi connectivity index (χ1n) is 13.6. The highest BCUT2D eigenvalue weighted by Gasteiger charge is 2.21. The fourth-order valence-electron chi connectivity index (χ4n) is 5.62. The molecule has 0 bridgehead atoms. The number of rotatable bonds is 4. The summed E-state index contributed by atoms with van der Waals surface area (Å²) in [5.74, 6) is 2.07. The third-order valence-corrected chi connectivity index (χ3v) is 7.50. The summed E-state index contributed by atoms with van der Waals surface area (Å²) in [6.07, 6.45) is 6.10. The monoisotopic (exact) mass is 528 g/mol. The number of nitrogens with one attached hydrogen (secondary N) is 1. The van der Waals surface area contributed by atoms with E-state index in [9.17, 15) is 0 Å². The van der Waals surface area contributed by atoms with E-state index in [0.29, 0.717) is 11.6 Å². The van der Waals surface area contributed by atoms with Gasteiger partial charge in [-0.3, -0.25) is 4.90 Å². The smallest absolute Gasteiger partial charge is 0.219 e. The summed E-state index contributed by atoms with van der Waals surface area (Å²) in [5.41, 5.74) is 8.31. The zero-order chi connectivity index (χ0) is 27.2. The number of fused-ring (bicyclic) bond motifs is 5. The van der Waals surface area contributed by atoms with E-state index in [1.165, 1.54) is 10.8 Å². The van der Waals surface area contributed by atoms with Crippen LogP contribution in [0.4, 0.5) is 17.2 Å². The van der Waals surface area contributed by atoms with Gasteiger partial charge in [0, 0.05) is 40.2 Å². The summed E-state index contributed by atoms with van der Waals surface area (Å²) < 4.78 is 6.40. The molecule has 1 aliphatic heterocycles. The molecule has 7 aromatic rings. The molecule has 5 heteroatoms. The van der Waals surface area contributed by atoms with Gasteiger partial charge in [0.05, 0.1) is 22.6 Å². The maximum absolute atomic E-state index is 6.40. The first-order chi connectivity index (χ1) is 20.3. The van der Waals surface area contributed by atoms with Crippen LogP contribution in [0, 0.1) is 0 Å². The number of nitrogens with zero attached hydrogens (tertiary/aromatic N) is 3. The number of para-hydroxylation sites is 3. The number of H-pyrrole nitrogens is 1. The van der Waals surface area contributed by atoms with Crippen molar-refractivity contribution in [2.24, 2.45) is 0 Å². The highest BCUT2D eigenvalue weighted by molar-refractivity contribution is 6.11. The van der Waals surface area contributed by atoms with Crippen molar-refractivity contribution in [2.45, 2.75) is 0 Å². The number of hydrogen-bond donors (Lipinski definition) is 1. The lowest BCUT2D eigenvalue weighted by Gasteiger charge is -2.26. The first kappa shape index (κ1) is 23.2. The fourth-order valence-corrected chi connectivity index (χ4v) is 5.62. The Morgan fingerprint density at radius 2 is 1.44 bits per heavy atom. The summed E-state index contributed by atoms with van der Waals surface area (Å²) in [4.78, 5) is 15.4. The van der Waals surface area contributed by atoms with Crippen LogP contribution in [-0.4, -0.2) is 15.0 Å². The fraction of sp³-hybridized carbons (Fsp3) is 0. The molecule has 0 atom stereocenters. The molecular weight excluding hydrogens is 504 g/mol. The predicted octanol–water partition coefficient (Wildman–Crippen LogP) is 9.52. The number of aromatic amines is 1. The van der Waals surface area contributed by atoms with E-state index in [1.807, 2.05) is 54.7 Å². The largest absolute Gasteiger partial charge is 0.439 e. The molecule has 41 heavy (non-hydrogen) atoms. The van der Waals surface area contributed by atoms with Gasteiger partial charge in [0.25, 0.3) is 0 Å². The number of anilines is 3. The number of benzene rings is 4. The van der Waals surface area contributed by atoms with E-state index in [4.69, 9.17) is 9.72 Å². The molecule has 0 amide bonds. The van der Waals surface area contributed by atoms with Crippen LogP contribution in [0.25, 0.3) is 45.2 Å². The second-order valence-electron chi connectivity index (χ2n) is 10.00. The molecule has 3 aromatic heterocycles. The normalized spacial score (nSPS) is 12.2. The Balaban J connectivity index is 1.19. The van der Waals surface area contributed by atoms with Gasteiger partial charge in [-0.05, 0) is 53.6 Å². The van der Waals surface area contributed by atoms with Gasteiger partial charge in [0.1, 0.15) is 11.6 Å². The average Bonchev–Trinajstić information content (AvgIpc) is 3.32. The number of aromatic nitrogens is 3. The van der Waals surface area contributed by atoms with Crippen LogP contribution >= 0.6 is 0 Å². The highest BCUT2D eigenvalue weighted by atomic mass is 16.5. The van der Waals surface area contributed by atoms with E-state index in [1.54, 1.807) is 0 Å². The summed E-state index contributed by atoms with van der Waals surface area (Å²) >= 11 is 0. The summed E-state index contributed by atoms with van der Waals surface area (Å²) in [7, 11) is 0. The van der Waals surface area contributed by atoms with Crippen LogP contribution in [0.15, 0.2) is 128 Å². The van der Waals surface area contributed by atoms with Gasteiger partial charge in [-0.25, -0.2) is 9.97 Å². The quantitative estimate of drug-likeness (QED) is 0.247. The molecule has 4 aromatic carbocycles. The number of hydrogen-bond acceptors (Lipinski definition) is 4. The number of ether oxygens (including phenoxy) is 1. The lowest BCUT2D eigenvalue weighted by atomic mass is 10.1. The minimum absolute atomic E-state index is 0.532. The van der Waals surface area contributed by atoms with Gasteiger partial charge >= 0.3 is 0 Å². The molecule has 1 N–H and O–H groups in total. The van der Waals surface area contributed by atoms with Crippen molar-refractivity contribution in [3.63, 3.8) is 0 Å². The predicted molar refractivity (Wildman–Crippen MR) is 167 cm³/mol. The molecule has 0 fully saturated rings. The summed E-state index contributed by atoms with van der Waals surface area (Å²) in [5, 5.41) is 2.38. The number of pyridine rings is 2. The van der Waals surface area contributed by atoms with Gasteiger partial charge < -0.3 is 9.72 Å². The second-order valence-corrected chi connectivity index (χ2v) is 10.00. The van der Waals surface area contributed by atoms with Crippen molar-refractivity contribution < 1.29 is 4.74 Å². The third-order valence-electron chi connectivity index (χ3n) is 7.50. The molecule has 0 saturated carbocycles. The van der Waals surface area contributed by atoms with Crippen molar-refractivity contribution in [3.05, 3.63) is 139 Å². The van der Waals surface area contributed by atoms with Gasteiger partial charge in [0.2, 0.25) is 5.88 Å². The van der Waals surface area contributed by atoms with Crippen molar-refractivity contribution >= 4 is 51.2 Å². The third kappa shape index (κ3) is 4.03. The molecule has 194 valence electrons. The van der Waals surface area contributed by atoms with E-state index in [-0.39, 0.29) is 0 Å². The molecule has 0 saturated heterocycles. The van der Waals surface area contributed by atoms with Crippen molar-refractivity contribution in [3.8, 4) is 22.9 Å². The van der Waals surface area contributed by atoms with Gasteiger partial charge in [-0.15, -0.1) is 0 Å². The Labute approximate surface area is 237 Å². The van der Waals surface area contributed by atoms with Crippen LogP contribution in [-0.2, 0) is 0 Å². The average molecular weight is 529 g/mol. The van der Waals surface area contributed by atoms with E-state index in [0.717, 1.165) is 50.6 Å². The zero-order valence-corrected chi connectivity index (χ0v) is 22.0. The first-order valence-corrected chi connectivity index (χ1v) is 13.6. The molecule has 0 spiro atoms. The van der Waals surface area contributed by atoms with Crippen LogP contribution in [0.5, 0.6) is 11.6 Å². The Kier molecular flexibility index (Phi) is 5.38. The second kappa shape index (κ2) is 9.50. The summed E-state index contributed by atoms with van der Waals surface area (Å²) in [6, 6.07) is 41.0. The molecule has 5 nitrogen and oxygen atoms in total. The maximum atomic E-state index is 6.40. The molecule has 0 unspecified atom stereocenters. The Bertz CT molecular complexity index is 2090. The van der Waals surface area contributed by atoms with E-state index < -0.39 is 0 Å². The Morgan fingerprint density at radius 1 is 0.634 bits per heavy atom. The minimum atomic E-state index is 0.532. The van der Waals surface area contributed by atoms with Crippen LogP contribution < -0.4 is 9.64 Å². The van der Waals surface area contributed by atoms with Crippen molar-refractivity contribution in [1.29, 1.82) is 0 Å². The van der Waals surface area contributed by atoms with Crippen molar-refractivity contribution in [1.82, 2.24) is 15.0 Å². The molecule has 1 aliphatic rings. The zero-order valence-electron chi connectivity index (χ0n) is 22.0. The molecular formula is C36H24N4O. The lowest BCUT2D eigenvalue weighted by Crippen LogP contribution is -2.13. The standard InChI is InChI=1S/C36H24N4O/c1-4-15-32-24(9-1)18-19-25-20-21-26(23-33(25)40(32)34-16-5-6-22-37-34)41-35-17-8-14-31(38-35)29-12-7-11-28-27-10-2-3-13-30(27)39-36(28)29/h1-23,39H. The molecule has 4 heterocycles. The Hall–Kier alpha value is -5.68. The molecule has 8 rings (SSSR count). The SMILES string of the molecule is C1=Cc2ccc(Oc3cccc(-c4cccc5c4[nH]c4ccccc45)n3)cc2N(c2ccccn2)c2ccccc21. The van der Waals surface area contributed by atoms with Gasteiger partial charge in [0.15, 0.2) is 0 Å². The summed E-state index contributed by atoms with van der Waals surface area (Å²) in [6.45, 7) is 0. The minimum Gasteiger partial charge on any atom is -0.439 e. The van der Waals surface area contributed by atoms with Crippen LogP contribution in [0.3, 0.4) is 0 Å². The maximum Gasteiger partial charge on any atom is 0.219 e. The molecule has 0 radical (unpaired) electrons. The van der Waals surface area contributed by atoms with E-state index in [2.05, 4.69) is 99.8 Å². The highest BCUT2D eigenvalue weighted by Crippen LogP contribution is 2.43. The molecule has 0 aliphatic carbocycles. The van der Waals surface area contributed by atoms with Gasteiger partial charge in [-0.2, -0.15) is 0 Å². The van der Waals surface area contributed by atoms with E-state index >= 15 is 0 Å². The Morgan fingerprint density at radius 3 is 2.37 bits per heavy atom. The van der Waals surface area contributed by atoms with Crippen molar-refractivity contribution in [2.75, 3.05) is 4.90 Å². The van der Waals surface area contributed by atoms with Gasteiger partial charge in [-0.1, -0.05) is 78.9 Å². The topological polar surface area (TPSA) is 54.0 Å².